The summed E-state index contributed by atoms with van der Waals surface area (Å²) < 4.78 is 52.8. The smallest absolute Gasteiger partial charge is 0.493 e. The Morgan fingerprint density at radius 3 is 2.58 bits per heavy atom. The molecule has 4 rings (SSSR count). The van der Waals surface area contributed by atoms with E-state index in [9.17, 15) is 17.8 Å². The molecule has 2 aromatic heterocycles. The molecule has 0 amide bonds. The second-order valence-corrected chi connectivity index (χ2v) is 12.8. The van der Waals surface area contributed by atoms with E-state index < -0.39 is 18.1 Å². The Morgan fingerprint density at radius 2 is 1.92 bits per heavy atom. The molecule has 1 aliphatic heterocycles. The molecule has 0 aliphatic carbocycles. The maximum atomic E-state index is 13.6. The van der Waals surface area contributed by atoms with Crippen LogP contribution in [0, 0.1) is 5.92 Å². The zero-order valence-corrected chi connectivity index (χ0v) is 24.0. The number of piperidine rings is 1. The van der Waals surface area contributed by atoms with Crippen LogP contribution in [0.5, 0.6) is 5.75 Å². The third-order valence-corrected chi connectivity index (χ3v) is 9.86. The van der Waals surface area contributed by atoms with Gasteiger partial charge in [-0.05, 0) is 48.4 Å². The average Bonchev–Trinajstić information content (AvgIpc) is 3.23. The van der Waals surface area contributed by atoms with Crippen LogP contribution in [-0.2, 0) is 32.6 Å². The Hall–Kier alpha value is -2.66. The second-order valence-electron chi connectivity index (χ2n) is 9.48. The molecule has 1 saturated heterocycles. The number of hydrogen-bond donors (Lipinski definition) is 1. The maximum Gasteiger partial charge on any atom is 0.508 e. The lowest BCUT2D eigenvalue weighted by Gasteiger charge is -2.29. The van der Waals surface area contributed by atoms with Crippen LogP contribution in [0.2, 0.25) is 0 Å². The number of H-pyrrole nitrogens is 1. The Bertz CT molecular complexity index is 1480. The number of fused-ring (bicyclic) bond motifs is 1. The van der Waals surface area contributed by atoms with Gasteiger partial charge in [0.25, 0.3) is 5.56 Å². The third-order valence-electron chi connectivity index (χ3n) is 6.74. The first-order valence-electron chi connectivity index (χ1n) is 12.9. The summed E-state index contributed by atoms with van der Waals surface area (Å²) in [6, 6.07) is 4.67. The van der Waals surface area contributed by atoms with Gasteiger partial charge in [0.05, 0.1) is 29.9 Å². The van der Waals surface area contributed by atoms with Gasteiger partial charge in [-0.25, -0.2) is 13.4 Å². The van der Waals surface area contributed by atoms with Crippen LogP contribution in [0.4, 0.5) is 0 Å². The summed E-state index contributed by atoms with van der Waals surface area (Å²) in [5, 5.41) is 4.47. The van der Waals surface area contributed by atoms with E-state index in [-0.39, 0.29) is 22.2 Å². The Labute approximate surface area is 223 Å². The zero-order chi connectivity index (χ0) is 27.4. The van der Waals surface area contributed by atoms with E-state index in [2.05, 4.69) is 10.1 Å². The highest BCUT2D eigenvalue weighted by molar-refractivity contribution is 7.89. The first-order valence-corrected chi connectivity index (χ1v) is 15.7. The van der Waals surface area contributed by atoms with Gasteiger partial charge in [-0.15, -0.1) is 4.52 Å². The Kier molecular flexibility index (Phi) is 8.97. The highest BCUT2D eigenvalue weighted by Gasteiger charge is 2.33. The zero-order valence-electron chi connectivity index (χ0n) is 22.3. The van der Waals surface area contributed by atoms with Crippen LogP contribution in [0.15, 0.2) is 27.9 Å². The van der Waals surface area contributed by atoms with Crippen molar-refractivity contribution in [2.75, 3.05) is 33.0 Å². The molecular weight excluding hydrogens is 529 g/mol. The SMILES string of the molecule is CCCOc1ccc(S(=O)(=O)N2CCC(C[P+](=O)OC)CC2)cc1-c1nc2c(CCC)nn(C)c2c(=O)[nH]1. The van der Waals surface area contributed by atoms with Crippen molar-refractivity contribution >= 4 is 29.1 Å². The van der Waals surface area contributed by atoms with E-state index in [1.165, 1.54) is 28.2 Å². The predicted octanol–water partition coefficient (Wildman–Crippen LogP) is 3.85. The van der Waals surface area contributed by atoms with Gasteiger partial charge in [-0.2, -0.15) is 9.40 Å². The number of ether oxygens (including phenoxy) is 1. The summed E-state index contributed by atoms with van der Waals surface area (Å²) >= 11 is 0. The van der Waals surface area contributed by atoms with E-state index in [1.54, 1.807) is 13.1 Å². The number of sulfonamides is 1. The number of aromatic nitrogens is 4. The minimum Gasteiger partial charge on any atom is -0.493 e. The van der Waals surface area contributed by atoms with Gasteiger partial charge in [0.1, 0.15) is 17.1 Å². The van der Waals surface area contributed by atoms with Crippen molar-refractivity contribution in [1.29, 1.82) is 0 Å². The van der Waals surface area contributed by atoms with Gasteiger partial charge in [-0.3, -0.25) is 9.48 Å². The Morgan fingerprint density at radius 1 is 1.18 bits per heavy atom. The molecule has 1 aromatic carbocycles. The first kappa shape index (κ1) is 28.4. The molecule has 38 heavy (non-hydrogen) atoms. The van der Waals surface area contributed by atoms with Crippen LogP contribution in [0.3, 0.4) is 0 Å². The van der Waals surface area contributed by atoms with Gasteiger partial charge in [0.15, 0.2) is 11.7 Å². The van der Waals surface area contributed by atoms with E-state index in [0.717, 1.165) is 18.5 Å². The van der Waals surface area contributed by atoms with Crippen LogP contribution in [-0.4, -0.2) is 65.4 Å². The van der Waals surface area contributed by atoms with Crippen molar-refractivity contribution in [2.45, 2.75) is 50.8 Å². The number of aryl methyl sites for hydroxylation is 2. The molecule has 3 heterocycles. The molecule has 1 aliphatic rings. The highest BCUT2D eigenvalue weighted by Crippen LogP contribution is 2.35. The fraction of sp³-hybridized carbons (Fsp3) is 0.560. The summed E-state index contributed by atoms with van der Waals surface area (Å²) in [4.78, 5) is 20.7. The lowest BCUT2D eigenvalue weighted by molar-refractivity contribution is 0.285. The van der Waals surface area contributed by atoms with Crippen molar-refractivity contribution in [3.05, 3.63) is 34.2 Å². The molecule has 1 fully saturated rings. The number of hydrogen-bond acceptors (Lipinski definition) is 8. The molecule has 1 unspecified atom stereocenters. The molecule has 1 N–H and O–H groups in total. The van der Waals surface area contributed by atoms with Crippen molar-refractivity contribution < 1.29 is 22.2 Å². The van der Waals surface area contributed by atoms with Crippen LogP contribution < -0.4 is 10.3 Å². The molecule has 13 heteroatoms. The van der Waals surface area contributed by atoms with Crippen molar-refractivity contribution in [3.63, 3.8) is 0 Å². The summed E-state index contributed by atoms with van der Waals surface area (Å²) in [5.41, 5.74) is 1.63. The topological polar surface area (TPSA) is 136 Å². The number of rotatable bonds is 11. The molecule has 3 aromatic rings. The minimum atomic E-state index is -3.82. The third kappa shape index (κ3) is 5.83. The molecule has 0 bridgehead atoms. The average molecular weight is 565 g/mol. The highest BCUT2D eigenvalue weighted by atomic mass is 32.2. The lowest BCUT2D eigenvalue weighted by Crippen LogP contribution is -2.39. The van der Waals surface area contributed by atoms with Gasteiger partial charge >= 0.3 is 8.03 Å². The largest absolute Gasteiger partial charge is 0.508 e. The van der Waals surface area contributed by atoms with Crippen LogP contribution in [0.1, 0.15) is 45.2 Å². The summed E-state index contributed by atoms with van der Waals surface area (Å²) in [7, 11) is -2.41. The van der Waals surface area contributed by atoms with Crippen molar-refractivity contribution in [2.24, 2.45) is 13.0 Å². The lowest BCUT2D eigenvalue weighted by atomic mass is 10.0. The van der Waals surface area contributed by atoms with Gasteiger partial charge < -0.3 is 9.72 Å². The summed E-state index contributed by atoms with van der Waals surface area (Å²) in [6.07, 6.45) is 3.92. The number of benzene rings is 1. The van der Waals surface area contributed by atoms with Gasteiger partial charge in [0, 0.05) is 26.1 Å². The van der Waals surface area contributed by atoms with Crippen molar-refractivity contribution in [3.8, 4) is 17.1 Å². The molecule has 11 nitrogen and oxygen atoms in total. The van der Waals surface area contributed by atoms with E-state index in [4.69, 9.17) is 14.2 Å². The normalized spacial score (nSPS) is 15.7. The van der Waals surface area contributed by atoms with Crippen LogP contribution >= 0.6 is 8.03 Å². The second kappa shape index (κ2) is 12.0. The summed E-state index contributed by atoms with van der Waals surface area (Å²) in [6.45, 7) is 5.10. The standard InChI is InChI=1S/C25H34N5O6PS/c1-5-7-20-22-23(29(3)28-20)25(31)27-24(26-22)19-15-18(8-9-21(19)36-14-6-2)38(33,34)30-12-10-17(11-13-30)16-37(32)35-4/h8-9,15,17H,5-7,10-14,16H2,1-4H3/p+1. The molecular formula is C25H35N5O6PS+. The van der Waals surface area contributed by atoms with E-state index >= 15 is 0 Å². The number of nitrogens with one attached hydrogen (secondary N) is 1. The Balaban J connectivity index is 1.72. The minimum absolute atomic E-state index is 0.0977. The van der Waals surface area contributed by atoms with E-state index in [1.807, 2.05) is 13.8 Å². The number of nitrogens with zero attached hydrogens (tertiary/aromatic N) is 4. The summed E-state index contributed by atoms with van der Waals surface area (Å²) in [5.74, 6) is 0.831. The predicted molar refractivity (Wildman–Crippen MR) is 145 cm³/mol. The fourth-order valence-corrected chi connectivity index (χ4v) is 7.17. The van der Waals surface area contributed by atoms with Gasteiger partial charge in [0.2, 0.25) is 10.0 Å². The molecule has 0 saturated carbocycles. The van der Waals surface area contributed by atoms with E-state index in [0.29, 0.717) is 67.5 Å². The monoisotopic (exact) mass is 564 g/mol. The first-order chi connectivity index (χ1) is 18.2. The fourth-order valence-electron chi connectivity index (χ4n) is 4.74. The quantitative estimate of drug-likeness (QED) is 0.347. The molecule has 206 valence electrons. The van der Waals surface area contributed by atoms with Gasteiger partial charge in [-0.1, -0.05) is 20.3 Å². The molecule has 0 spiro atoms. The number of aromatic amines is 1. The molecule has 1 atom stereocenters. The maximum absolute atomic E-state index is 13.6. The van der Waals surface area contributed by atoms with Crippen molar-refractivity contribution in [1.82, 2.24) is 24.1 Å². The molecule has 0 radical (unpaired) electrons. The van der Waals surface area contributed by atoms with Crippen LogP contribution in [0.25, 0.3) is 22.4 Å².